The number of aldehydes is 2. The van der Waals surface area contributed by atoms with Crippen molar-refractivity contribution in [2.24, 2.45) is 5.73 Å². The van der Waals surface area contributed by atoms with Crippen molar-refractivity contribution in [3.05, 3.63) is 34.9 Å². The topological polar surface area (TPSA) is 77.2 Å². The van der Waals surface area contributed by atoms with Gasteiger partial charge in [-0.15, -0.1) is 0 Å². The van der Waals surface area contributed by atoms with Gasteiger partial charge in [0.2, 0.25) is 5.91 Å². The molecule has 2 N–H and O–H groups in total. The molecule has 0 aliphatic heterocycles. The SMILES string of the molecule is NC(=O)c1cccc(C=O)c1C=O. The predicted molar refractivity (Wildman–Crippen MR) is 45.7 cm³/mol. The van der Waals surface area contributed by atoms with E-state index in [9.17, 15) is 14.4 Å². The van der Waals surface area contributed by atoms with Gasteiger partial charge in [0.25, 0.3) is 0 Å². The normalized spacial score (nSPS) is 9.23. The van der Waals surface area contributed by atoms with Gasteiger partial charge in [-0.3, -0.25) is 14.4 Å². The first-order valence-corrected chi connectivity index (χ1v) is 3.54. The minimum atomic E-state index is -0.717. The van der Waals surface area contributed by atoms with Crippen LogP contribution in [-0.2, 0) is 0 Å². The molecular weight excluding hydrogens is 170 g/mol. The summed E-state index contributed by atoms with van der Waals surface area (Å²) in [6.07, 6.45) is 0.958. The van der Waals surface area contributed by atoms with Crippen molar-refractivity contribution >= 4 is 18.5 Å². The Kier molecular flexibility index (Phi) is 2.54. The third-order valence-corrected chi connectivity index (χ3v) is 1.65. The van der Waals surface area contributed by atoms with Gasteiger partial charge in [0.05, 0.1) is 5.56 Å². The molecule has 4 nitrogen and oxygen atoms in total. The van der Waals surface area contributed by atoms with Gasteiger partial charge in [-0.05, 0) is 6.07 Å². The van der Waals surface area contributed by atoms with E-state index in [1.807, 2.05) is 0 Å². The number of primary amides is 1. The number of nitrogens with two attached hydrogens (primary N) is 1. The first kappa shape index (κ1) is 9.12. The Balaban J connectivity index is 3.43. The maximum Gasteiger partial charge on any atom is 0.249 e. The quantitative estimate of drug-likeness (QED) is 0.679. The summed E-state index contributed by atoms with van der Waals surface area (Å²) in [6, 6.07) is 4.35. The summed E-state index contributed by atoms with van der Waals surface area (Å²) < 4.78 is 0. The minimum absolute atomic E-state index is 0.0463. The van der Waals surface area contributed by atoms with Crippen LogP contribution in [0.4, 0.5) is 0 Å². The third-order valence-electron chi connectivity index (χ3n) is 1.65. The van der Waals surface area contributed by atoms with Crippen LogP contribution in [0.2, 0.25) is 0 Å². The Bertz CT molecular complexity index is 371. The molecule has 0 atom stereocenters. The average molecular weight is 177 g/mol. The van der Waals surface area contributed by atoms with Gasteiger partial charge in [-0.1, -0.05) is 12.1 Å². The molecule has 66 valence electrons. The molecule has 13 heavy (non-hydrogen) atoms. The standard InChI is InChI=1S/C9H7NO3/c10-9(13)7-3-1-2-6(4-11)8(7)5-12/h1-5H,(H2,10,13). The Hall–Kier alpha value is -1.97. The second-order valence-electron chi connectivity index (χ2n) is 2.41. The van der Waals surface area contributed by atoms with E-state index in [-0.39, 0.29) is 16.7 Å². The fraction of sp³-hybridized carbons (Fsp3) is 0. The molecule has 0 bridgehead atoms. The third kappa shape index (κ3) is 1.61. The highest BCUT2D eigenvalue weighted by Crippen LogP contribution is 2.10. The molecule has 0 radical (unpaired) electrons. The first-order valence-electron chi connectivity index (χ1n) is 3.54. The number of carbonyl (C=O) groups is 3. The van der Waals surface area contributed by atoms with Crippen LogP contribution < -0.4 is 5.73 Å². The molecule has 0 aliphatic rings. The van der Waals surface area contributed by atoms with Crippen LogP contribution in [0.3, 0.4) is 0 Å². The summed E-state index contributed by atoms with van der Waals surface area (Å²) in [5, 5.41) is 0. The number of benzene rings is 1. The van der Waals surface area contributed by atoms with Crippen LogP contribution in [0.25, 0.3) is 0 Å². The first-order chi connectivity index (χ1) is 6.20. The molecule has 1 amide bonds. The highest BCUT2D eigenvalue weighted by Gasteiger charge is 2.10. The zero-order chi connectivity index (χ0) is 9.84. The van der Waals surface area contributed by atoms with Gasteiger partial charge in [0, 0.05) is 11.1 Å². The number of hydrogen-bond acceptors (Lipinski definition) is 3. The van der Waals surface area contributed by atoms with Crippen molar-refractivity contribution in [2.45, 2.75) is 0 Å². The van der Waals surface area contributed by atoms with Crippen LogP contribution in [0.15, 0.2) is 18.2 Å². The van der Waals surface area contributed by atoms with Crippen LogP contribution in [0, 0.1) is 0 Å². The lowest BCUT2D eigenvalue weighted by atomic mass is 10.0. The van der Waals surface area contributed by atoms with E-state index in [0.29, 0.717) is 12.6 Å². The number of rotatable bonds is 3. The summed E-state index contributed by atoms with van der Waals surface area (Å²) in [5.74, 6) is -0.717. The second kappa shape index (κ2) is 3.62. The molecule has 0 aliphatic carbocycles. The molecule has 1 aromatic carbocycles. The van der Waals surface area contributed by atoms with E-state index in [0.717, 1.165) is 0 Å². The highest BCUT2D eigenvalue weighted by molar-refractivity contribution is 6.04. The van der Waals surface area contributed by atoms with Crippen LogP contribution in [-0.4, -0.2) is 18.5 Å². The summed E-state index contributed by atoms with van der Waals surface area (Å²) in [7, 11) is 0. The summed E-state index contributed by atoms with van der Waals surface area (Å²) in [4.78, 5) is 31.8. The average Bonchev–Trinajstić information content (AvgIpc) is 2.16. The molecule has 0 aromatic heterocycles. The van der Waals surface area contributed by atoms with E-state index in [1.165, 1.54) is 18.2 Å². The predicted octanol–water partition coefficient (Wildman–Crippen LogP) is 0.411. The number of hydrogen-bond donors (Lipinski definition) is 1. The van der Waals surface area contributed by atoms with E-state index in [4.69, 9.17) is 5.73 Å². The van der Waals surface area contributed by atoms with Gasteiger partial charge in [-0.2, -0.15) is 0 Å². The van der Waals surface area contributed by atoms with Crippen molar-refractivity contribution in [3.63, 3.8) is 0 Å². The van der Waals surface area contributed by atoms with Crippen molar-refractivity contribution in [1.29, 1.82) is 0 Å². The molecule has 1 aromatic rings. The Morgan fingerprint density at radius 3 is 2.38 bits per heavy atom. The molecule has 0 unspecified atom stereocenters. The molecule has 0 saturated carbocycles. The van der Waals surface area contributed by atoms with E-state index in [1.54, 1.807) is 0 Å². The van der Waals surface area contributed by atoms with Gasteiger partial charge in [-0.25, -0.2) is 0 Å². The van der Waals surface area contributed by atoms with Gasteiger partial charge >= 0.3 is 0 Å². The second-order valence-corrected chi connectivity index (χ2v) is 2.41. The summed E-state index contributed by atoms with van der Waals surface area (Å²) >= 11 is 0. The molecular formula is C9H7NO3. The molecule has 4 heteroatoms. The number of amides is 1. The highest BCUT2D eigenvalue weighted by atomic mass is 16.1. The zero-order valence-corrected chi connectivity index (χ0v) is 6.69. The summed E-state index contributed by atoms with van der Waals surface area (Å²) in [6.45, 7) is 0. The van der Waals surface area contributed by atoms with E-state index >= 15 is 0 Å². The Labute approximate surface area is 74.4 Å². The maximum absolute atomic E-state index is 10.8. The monoisotopic (exact) mass is 177 g/mol. The van der Waals surface area contributed by atoms with Crippen molar-refractivity contribution in [3.8, 4) is 0 Å². The molecule has 0 heterocycles. The van der Waals surface area contributed by atoms with Crippen LogP contribution in [0.1, 0.15) is 31.1 Å². The van der Waals surface area contributed by atoms with E-state index < -0.39 is 5.91 Å². The fourth-order valence-corrected chi connectivity index (χ4v) is 1.03. The van der Waals surface area contributed by atoms with Crippen LogP contribution in [0.5, 0.6) is 0 Å². The summed E-state index contributed by atoms with van der Waals surface area (Å²) in [5.41, 5.74) is 5.29. The van der Waals surface area contributed by atoms with Gasteiger partial charge in [0.15, 0.2) is 12.6 Å². The molecule has 0 fully saturated rings. The lowest BCUT2D eigenvalue weighted by molar-refractivity contribution is 0.0993. The Morgan fingerprint density at radius 2 is 1.92 bits per heavy atom. The van der Waals surface area contributed by atoms with Gasteiger partial charge < -0.3 is 5.73 Å². The largest absolute Gasteiger partial charge is 0.366 e. The maximum atomic E-state index is 10.8. The molecule has 0 saturated heterocycles. The van der Waals surface area contributed by atoms with Crippen molar-refractivity contribution in [2.75, 3.05) is 0 Å². The fourth-order valence-electron chi connectivity index (χ4n) is 1.03. The minimum Gasteiger partial charge on any atom is -0.366 e. The zero-order valence-electron chi connectivity index (χ0n) is 6.69. The van der Waals surface area contributed by atoms with Crippen LogP contribution >= 0.6 is 0 Å². The Morgan fingerprint density at radius 1 is 1.23 bits per heavy atom. The van der Waals surface area contributed by atoms with Gasteiger partial charge in [0.1, 0.15) is 0 Å². The lowest BCUT2D eigenvalue weighted by Crippen LogP contribution is -2.14. The molecule has 0 spiro atoms. The molecule has 1 rings (SSSR count). The van der Waals surface area contributed by atoms with Crippen molar-refractivity contribution < 1.29 is 14.4 Å². The lowest BCUT2D eigenvalue weighted by Gasteiger charge is -2.01. The van der Waals surface area contributed by atoms with Crippen molar-refractivity contribution in [1.82, 2.24) is 0 Å². The number of carbonyl (C=O) groups excluding carboxylic acids is 3. The van der Waals surface area contributed by atoms with E-state index in [2.05, 4.69) is 0 Å². The smallest absolute Gasteiger partial charge is 0.249 e.